The smallest absolute Gasteiger partial charge is 0.253 e. The van der Waals surface area contributed by atoms with Crippen molar-refractivity contribution in [2.24, 2.45) is 5.73 Å². The fourth-order valence-corrected chi connectivity index (χ4v) is 7.48. The number of nitrogens with one attached hydrogen (secondary N) is 1. The fourth-order valence-electron chi connectivity index (χ4n) is 2.71. The van der Waals surface area contributed by atoms with Gasteiger partial charge in [0.15, 0.2) is 0 Å². The minimum Gasteiger partial charge on any atom is -0.395 e. The maximum absolute atomic E-state index is 13.1. The maximum Gasteiger partial charge on any atom is 0.253 e. The number of nitrogens with zero attached hydrogens (tertiary/aromatic N) is 1. The largest absolute Gasteiger partial charge is 0.395 e. The van der Waals surface area contributed by atoms with Gasteiger partial charge in [-0.05, 0) is 74.7 Å². The number of carbonyl (C=O) groups excluding carboxylic acids is 3. The van der Waals surface area contributed by atoms with Crippen molar-refractivity contribution in [3.63, 3.8) is 0 Å². The molecule has 3 amide bonds. The summed E-state index contributed by atoms with van der Waals surface area (Å²) in [5.74, 6) is -1.97. The van der Waals surface area contributed by atoms with E-state index in [1.54, 1.807) is 22.6 Å². The number of hydrogen-bond donors (Lipinski definition) is 6. The molecular formula is C17H22I3N3O7. The third-order valence-electron chi connectivity index (χ3n) is 4.16. The van der Waals surface area contributed by atoms with Crippen LogP contribution in [0.15, 0.2) is 0 Å². The molecule has 0 heterocycles. The number of aliphatic hydroxyl groups excluding tert-OH is 4. The quantitative estimate of drug-likeness (QED) is 0.189. The standard InChI is InChI=1S/C17H22I3N3O7/c1-6(26)14(8(28)5-25)22-17(30)10-11(18)9(16(21)29)12(19)15(13(10)20)23(3-4-24)7(2)27/h6,8,14,24-26,28H,3-5H2,1-2H3,(H2,21,29)(H,22,30). The lowest BCUT2D eigenvalue weighted by atomic mass is 10.0. The molecule has 3 unspecified atom stereocenters. The third kappa shape index (κ3) is 6.12. The highest BCUT2D eigenvalue weighted by molar-refractivity contribution is 14.1. The van der Waals surface area contributed by atoms with E-state index in [4.69, 9.17) is 5.73 Å². The van der Waals surface area contributed by atoms with Crippen LogP contribution in [0.3, 0.4) is 0 Å². The van der Waals surface area contributed by atoms with Crippen LogP contribution in [0.2, 0.25) is 0 Å². The van der Waals surface area contributed by atoms with E-state index in [2.05, 4.69) is 5.32 Å². The van der Waals surface area contributed by atoms with Crippen LogP contribution >= 0.6 is 67.8 Å². The van der Waals surface area contributed by atoms with Crippen molar-refractivity contribution in [3.05, 3.63) is 21.8 Å². The summed E-state index contributed by atoms with van der Waals surface area (Å²) in [6.45, 7) is 1.51. The van der Waals surface area contributed by atoms with Crippen molar-refractivity contribution in [2.45, 2.75) is 32.1 Å². The first kappa shape index (κ1) is 27.7. The topological polar surface area (TPSA) is 173 Å². The average Bonchev–Trinajstić information content (AvgIpc) is 2.63. The highest BCUT2D eigenvalue weighted by atomic mass is 127. The fraction of sp³-hybridized carbons (Fsp3) is 0.471. The molecule has 1 aromatic carbocycles. The Hall–Kier alpha value is -0.340. The van der Waals surface area contributed by atoms with Crippen molar-refractivity contribution >= 4 is 91.2 Å². The first-order valence-corrected chi connectivity index (χ1v) is 11.8. The molecule has 168 valence electrons. The summed E-state index contributed by atoms with van der Waals surface area (Å²) in [4.78, 5) is 38.6. The molecule has 0 aliphatic carbocycles. The zero-order valence-electron chi connectivity index (χ0n) is 16.0. The number of benzene rings is 1. The van der Waals surface area contributed by atoms with E-state index < -0.39 is 42.6 Å². The van der Waals surface area contributed by atoms with Gasteiger partial charge in [0.1, 0.15) is 0 Å². The minimum absolute atomic E-state index is 0.0143. The average molecular weight is 761 g/mol. The lowest BCUT2D eigenvalue weighted by Crippen LogP contribution is -2.51. The molecule has 1 rings (SSSR count). The Labute approximate surface area is 214 Å². The minimum atomic E-state index is -1.42. The number of carbonyl (C=O) groups is 3. The van der Waals surface area contributed by atoms with E-state index in [9.17, 15) is 34.8 Å². The normalized spacial score (nSPS) is 14.0. The van der Waals surface area contributed by atoms with Crippen LogP contribution in [-0.4, -0.2) is 76.2 Å². The maximum atomic E-state index is 13.1. The molecule has 0 spiro atoms. The third-order valence-corrected chi connectivity index (χ3v) is 7.34. The first-order chi connectivity index (χ1) is 13.9. The summed E-state index contributed by atoms with van der Waals surface area (Å²) in [6, 6.07) is -1.18. The van der Waals surface area contributed by atoms with Gasteiger partial charge in [0.2, 0.25) is 5.91 Å². The number of aliphatic hydroxyl groups is 4. The van der Waals surface area contributed by atoms with Gasteiger partial charge in [-0.2, -0.15) is 0 Å². The van der Waals surface area contributed by atoms with Gasteiger partial charge >= 0.3 is 0 Å². The zero-order valence-corrected chi connectivity index (χ0v) is 22.5. The number of nitrogens with two attached hydrogens (primary N) is 1. The zero-order chi connectivity index (χ0) is 23.3. The van der Waals surface area contributed by atoms with Crippen molar-refractivity contribution < 1.29 is 34.8 Å². The van der Waals surface area contributed by atoms with Crippen molar-refractivity contribution in [2.75, 3.05) is 24.7 Å². The molecule has 10 nitrogen and oxygen atoms in total. The van der Waals surface area contributed by atoms with Gasteiger partial charge in [0.25, 0.3) is 11.8 Å². The summed E-state index contributed by atoms with van der Waals surface area (Å²) in [5, 5.41) is 40.8. The Morgan fingerprint density at radius 2 is 1.60 bits per heavy atom. The van der Waals surface area contributed by atoms with Crippen LogP contribution in [0, 0.1) is 10.7 Å². The van der Waals surface area contributed by atoms with Gasteiger partial charge in [-0.25, -0.2) is 0 Å². The molecule has 0 saturated heterocycles. The summed E-state index contributed by atoms with van der Waals surface area (Å²) >= 11 is 5.51. The molecule has 0 radical (unpaired) electrons. The van der Waals surface area contributed by atoms with Gasteiger partial charge < -0.3 is 36.4 Å². The van der Waals surface area contributed by atoms with Gasteiger partial charge in [-0.3, -0.25) is 14.4 Å². The number of hydrogen-bond acceptors (Lipinski definition) is 7. The van der Waals surface area contributed by atoms with E-state index >= 15 is 0 Å². The summed E-state index contributed by atoms with van der Waals surface area (Å²) in [5.41, 5.74) is 5.81. The lowest BCUT2D eigenvalue weighted by molar-refractivity contribution is -0.116. The summed E-state index contributed by atoms with van der Waals surface area (Å²) in [6.07, 6.45) is -2.61. The number of rotatable bonds is 9. The van der Waals surface area contributed by atoms with E-state index in [1.165, 1.54) is 18.7 Å². The monoisotopic (exact) mass is 761 g/mol. The van der Waals surface area contributed by atoms with Crippen LogP contribution < -0.4 is 16.0 Å². The molecule has 0 saturated carbocycles. The van der Waals surface area contributed by atoms with Gasteiger partial charge in [0, 0.05) is 17.0 Å². The molecule has 13 heteroatoms. The Morgan fingerprint density at radius 1 is 1.07 bits per heavy atom. The van der Waals surface area contributed by atoms with E-state index in [1.807, 2.05) is 45.2 Å². The molecule has 1 aromatic rings. The molecule has 0 aliphatic heterocycles. The molecule has 0 fully saturated rings. The molecule has 30 heavy (non-hydrogen) atoms. The Bertz CT molecular complexity index is 836. The second-order valence-corrected chi connectivity index (χ2v) is 9.53. The number of halogens is 3. The van der Waals surface area contributed by atoms with E-state index in [0.29, 0.717) is 7.14 Å². The molecule has 0 aliphatic rings. The Balaban J connectivity index is 3.75. The molecular weight excluding hydrogens is 739 g/mol. The van der Waals surface area contributed by atoms with Crippen LogP contribution in [0.25, 0.3) is 0 Å². The van der Waals surface area contributed by atoms with Crippen LogP contribution in [-0.2, 0) is 4.79 Å². The predicted octanol–water partition coefficient (Wildman–Crippen LogP) is -0.223. The highest BCUT2D eigenvalue weighted by Crippen LogP contribution is 2.38. The number of primary amides is 1. The second kappa shape index (κ2) is 12.0. The van der Waals surface area contributed by atoms with Crippen LogP contribution in [0.5, 0.6) is 0 Å². The van der Waals surface area contributed by atoms with Crippen LogP contribution in [0.4, 0.5) is 5.69 Å². The van der Waals surface area contributed by atoms with Crippen molar-refractivity contribution in [1.82, 2.24) is 5.32 Å². The van der Waals surface area contributed by atoms with Crippen molar-refractivity contribution in [1.29, 1.82) is 0 Å². The SMILES string of the molecule is CC(=O)N(CCO)c1c(I)c(C(N)=O)c(I)c(C(=O)NC(C(C)O)C(O)CO)c1I. The van der Waals surface area contributed by atoms with Gasteiger partial charge in [0.05, 0.1) is 55.4 Å². The van der Waals surface area contributed by atoms with E-state index in [-0.39, 0.29) is 33.5 Å². The number of anilines is 1. The second-order valence-electron chi connectivity index (χ2n) is 6.29. The summed E-state index contributed by atoms with van der Waals surface area (Å²) < 4.78 is 0.887. The van der Waals surface area contributed by atoms with Gasteiger partial charge in [-0.1, -0.05) is 0 Å². The number of amides is 3. The lowest BCUT2D eigenvalue weighted by Gasteiger charge is -2.28. The predicted molar refractivity (Wildman–Crippen MR) is 134 cm³/mol. The Kier molecular flexibility index (Phi) is 11.1. The van der Waals surface area contributed by atoms with Crippen molar-refractivity contribution in [3.8, 4) is 0 Å². The van der Waals surface area contributed by atoms with Crippen LogP contribution in [0.1, 0.15) is 34.6 Å². The Morgan fingerprint density at radius 3 is 2.00 bits per heavy atom. The highest BCUT2D eigenvalue weighted by Gasteiger charge is 2.33. The molecule has 0 aromatic heterocycles. The first-order valence-electron chi connectivity index (χ1n) is 8.57. The van der Waals surface area contributed by atoms with E-state index in [0.717, 1.165) is 0 Å². The molecule has 7 N–H and O–H groups in total. The molecule has 0 bridgehead atoms. The summed E-state index contributed by atoms with van der Waals surface area (Å²) in [7, 11) is 0. The molecule has 3 atom stereocenters. The van der Waals surface area contributed by atoms with Gasteiger partial charge in [-0.15, -0.1) is 0 Å².